The van der Waals surface area contributed by atoms with E-state index in [1.807, 2.05) is 0 Å². The molecule has 8 heteroatoms. The summed E-state index contributed by atoms with van der Waals surface area (Å²) in [6.45, 7) is 0. The summed E-state index contributed by atoms with van der Waals surface area (Å²) < 4.78 is 0. The molecule has 1 aromatic rings. The van der Waals surface area contributed by atoms with Crippen LogP contribution in [0, 0.1) is 0 Å². The van der Waals surface area contributed by atoms with Crippen molar-refractivity contribution in [3.63, 3.8) is 0 Å². The predicted octanol–water partition coefficient (Wildman–Crippen LogP) is -4.01. The molecule has 1 rings (SSSR count). The lowest BCUT2D eigenvalue weighted by molar-refractivity contribution is -0.258. The maximum Gasteiger partial charge on any atom is 0.219 e. The van der Waals surface area contributed by atoms with Crippen LogP contribution in [-0.4, -0.2) is 32.3 Å². The molecule has 62 valence electrons. The Hall–Kier alpha value is -2.12. The van der Waals surface area contributed by atoms with Crippen LogP contribution in [0.3, 0.4) is 0 Å². The summed E-state index contributed by atoms with van der Waals surface area (Å²) in [6.07, 6.45) is 0. The molecule has 12 heavy (non-hydrogen) atoms. The first-order valence-corrected chi connectivity index (χ1v) is 2.61. The number of carboxylic acids is 2. The molecule has 0 N–H and O–H groups in total. The number of nitrogens with zero attached hydrogens (tertiary/aromatic N) is 4. The molecule has 0 fully saturated rings. The summed E-state index contributed by atoms with van der Waals surface area (Å²) in [5, 5.41) is 31.6. The summed E-state index contributed by atoms with van der Waals surface area (Å²) in [4.78, 5) is 20.0. The molecule has 0 amide bonds. The Morgan fingerprint density at radius 3 is 1.25 bits per heavy atom. The first-order valence-electron chi connectivity index (χ1n) is 2.61. The van der Waals surface area contributed by atoms with Gasteiger partial charge >= 0.3 is 0 Å². The number of carbonyl (C=O) groups excluding carboxylic acids is 2. The molecule has 0 saturated heterocycles. The van der Waals surface area contributed by atoms with Crippen molar-refractivity contribution in [2.24, 2.45) is 0 Å². The van der Waals surface area contributed by atoms with Gasteiger partial charge in [-0.3, -0.25) is 0 Å². The van der Waals surface area contributed by atoms with Crippen molar-refractivity contribution in [1.82, 2.24) is 20.4 Å². The Morgan fingerprint density at radius 1 is 0.833 bits per heavy atom. The third kappa shape index (κ3) is 1.48. The topological polar surface area (TPSA) is 132 Å². The summed E-state index contributed by atoms with van der Waals surface area (Å²) in [5.74, 6) is -4.92. The number of aromatic nitrogens is 4. The van der Waals surface area contributed by atoms with Crippen LogP contribution in [0.5, 0.6) is 0 Å². The molecule has 0 unspecified atom stereocenters. The first-order chi connectivity index (χ1) is 5.61. The van der Waals surface area contributed by atoms with Gasteiger partial charge in [-0.15, -0.1) is 20.4 Å². The fraction of sp³-hybridized carbons (Fsp3) is 0. The number of aromatic carboxylic acids is 2. The number of carboxylic acid groups (broad SMARTS) is 2. The van der Waals surface area contributed by atoms with Crippen molar-refractivity contribution in [2.75, 3.05) is 0 Å². The van der Waals surface area contributed by atoms with Gasteiger partial charge in [-0.2, -0.15) is 0 Å². The Morgan fingerprint density at radius 2 is 1.08 bits per heavy atom. The fourth-order valence-corrected chi connectivity index (χ4v) is 0.393. The van der Waals surface area contributed by atoms with Gasteiger partial charge in [0.1, 0.15) is 11.9 Å². The van der Waals surface area contributed by atoms with Crippen molar-refractivity contribution in [3.05, 3.63) is 11.6 Å². The molecule has 0 aliphatic heterocycles. The van der Waals surface area contributed by atoms with E-state index in [9.17, 15) is 19.8 Å². The van der Waals surface area contributed by atoms with Gasteiger partial charge in [-0.1, -0.05) is 0 Å². The van der Waals surface area contributed by atoms with Crippen LogP contribution in [0.2, 0.25) is 0 Å². The zero-order chi connectivity index (χ0) is 9.14. The van der Waals surface area contributed by atoms with Gasteiger partial charge < -0.3 is 19.8 Å². The van der Waals surface area contributed by atoms with E-state index in [-0.39, 0.29) is 0 Å². The third-order valence-electron chi connectivity index (χ3n) is 0.844. The van der Waals surface area contributed by atoms with Gasteiger partial charge in [0, 0.05) is 0 Å². The van der Waals surface area contributed by atoms with E-state index >= 15 is 0 Å². The Labute approximate surface area is 64.9 Å². The van der Waals surface area contributed by atoms with Crippen LogP contribution in [0.4, 0.5) is 0 Å². The monoisotopic (exact) mass is 168 g/mol. The quantitative estimate of drug-likeness (QED) is 0.436. The summed E-state index contributed by atoms with van der Waals surface area (Å²) in [5.41, 5.74) is 0. The number of carbonyl (C=O) groups is 2. The molecule has 0 bridgehead atoms. The van der Waals surface area contributed by atoms with Crippen LogP contribution in [0.1, 0.15) is 21.2 Å². The number of hydrogen-bond donors (Lipinski definition) is 0. The average molecular weight is 168 g/mol. The van der Waals surface area contributed by atoms with Gasteiger partial charge in [0.2, 0.25) is 11.6 Å². The predicted molar refractivity (Wildman–Crippen MR) is 26.3 cm³/mol. The number of rotatable bonds is 2. The standard InChI is InChI=1S/C4H2N4O4/c9-3(10)1-5-7-2(4(11)12)8-6-1/h(H,9,10)(H,11,12)/p-2. The lowest BCUT2D eigenvalue weighted by atomic mass is 10.6. The van der Waals surface area contributed by atoms with Crippen molar-refractivity contribution in [2.45, 2.75) is 0 Å². The zero-order valence-electron chi connectivity index (χ0n) is 5.42. The SMILES string of the molecule is O=C([O-])c1nnc(C(=O)[O-])nn1. The lowest BCUT2D eigenvalue weighted by Crippen LogP contribution is -2.30. The van der Waals surface area contributed by atoms with E-state index in [0.717, 1.165) is 0 Å². The van der Waals surface area contributed by atoms with Crippen LogP contribution in [-0.2, 0) is 0 Å². The molecule has 1 aromatic heterocycles. The summed E-state index contributed by atoms with van der Waals surface area (Å²) >= 11 is 0. The molecule has 0 saturated carbocycles. The van der Waals surface area contributed by atoms with E-state index in [4.69, 9.17) is 0 Å². The van der Waals surface area contributed by atoms with Crippen molar-refractivity contribution in [1.29, 1.82) is 0 Å². The zero-order valence-corrected chi connectivity index (χ0v) is 5.42. The van der Waals surface area contributed by atoms with Crippen LogP contribution < -0.4 is 10.2 Å². The Bertz CT molecular complexity index is 287. The smallest absolute Gasteiger partial charge is 0.219 e. The van der Waals surface area contributed by atoms with Crippen molar-refractivity contribution in [3.8, 4) is 0 Å². The highest BCUT2D eigenvalue weighted by Gasteiger charge is 2.01. The van der Waals surface area contributed by atoms with Crippen LogP contribution >= 0.6 is 0 Å². The highest BCUT2D eigenvalue weighted by molar-refractivity contribution is 5.82. The third-order valence-corrected chi connectivity index (χ3v) is 0.844. The van der Waals surface area contributed by atoms with Crippen molar-refractivity contribution >= 4 is 11.9 Å². The van der Waals surface area contributed by atoms with Gasteiger partial charge in [-0.05, 0) is 0 Å². The highest BCUT2D eigenvalue weighted by atomic mass is 16.4. The summed E-state index contributed by atoms with van der Waals surface area (Å²) in [7, 11) is 0. The molecule has 1 heterocycles. The van der Waals surface area contributed by atoms with E-state index in [1.165, 1.54) is 0 Å². The normalized spacial score (nSPS) is 9.33. The average Bonchev–Trinajstić information content (AvgIpc) is 2.04. The maximum atomic E-state index is 10.0. The van der Waals surface area contributed by atoms with Gasteiger partial charge in [0.05, 0.1) is 0 Å². The molecule has 0 aliphatic carbocycles. The van der Waals surface area contributed by atoms with E-state index in [1.54, 1.807) is 0 Å². The fourth-order valence-electron chi connectivity index (χ4n) is 0.393. The van der Waals surface area contributed by atoms with Gasteiger partial charge in [-0.25, -0.2) is 0 Å². The Kier molecular flexibility index (Phi) is 1.90. The largest absolute Gasteiger partial charge is 0.541 e. The highest BCUT2D eigenvalue weighted by Crippen LogP contribution is 1.82. The second-order valence-electron chi connectivity index (χ2n) is 1.62. The van der Waals surface area contributed by atoms with E-state index in [0.29, 0.717) is 0 Å². The Balaban J connectivity index is 3.01. The second-order valence-corrected chi connectivity index (χ2v) is 1.62. The summed E-state index contributed by atoms with van der Waals surface area (Å²) in [6, 6.07) is 0. The molecule has 0 aliphatic rings. The first kappa shape index (κ1) is 7.98. The minimum absolute atomic E-state index is 0.778. The molecule has 8 nitrogen and oxygen atoms in total. The molecule has 0 atom stereocenters. The molecular weight excluding hydrogens is 168 g/mol. The van der Waals surface area contributed by atoms with Crippen LogP contribution in [0.15, 0.2) is 0 Å². The van der Waals surface area contributed by atoms with Gasteiger partial charge in [0.15, 0.2) is 0 Å². The lowest BCUT2D eigenvalue weighted by Gasteiger charge is -1.99. The number of hydrogen-bond acceptors (Lipinski definition) is 8. The molecule has 0 aromatic carbocycles. The van der Waals surface area contributed by atoms with E-state index in [2.05, 4.69) is 20.4 Å². The maximum absolute atomic E-state index is 10.0. The van der Waals surface area contributed by atoms with Crippen LogP contribution in [0.25, 0.3) is 0 Å². The minimum Gasteiger partial charge on any atom is -0.541 e. The minimum atomic E-state index is -1.68. The molecular formula is C4N4O4-2. The van der Waals surface area contributed by atoms with Gasteiger partial charge in [0.25, 0.3) is 0 Å². The van der Waals surface area contributed by atoms with Crippen molar-refractivity contribution < 1.29 is 19.8 Å². The second kappa shape index (κ2) is 2.86. The van der Waals surface area contributed by atoms with E-state index < -0.39 is 23.6 Å². The molecule has 0 radical (unpaired) electrons. The molecule has 0 spiro atoms.